The first-order valence-electron chi connectivity index (χ1n) is 11.5. The van der Waals surface area contributed by atoms with Crippen LogP contribution in [0.3, 0.4) is 0 Å². The molecule has 2 aliphatic heterocycles. The van der Waals surface area contributed by atoms with Crippen molar-refractivity contribution in [3.63, 3.8) is 0 Å². The minimum atomic E-state index is -1.81. The summed E-state index contributed by atoms with van der Waals surface area (Å²) < 4.78 is 17.9. The molecule has 3 aliphatic rings. The van der Waals surface area contributed by atoms with E-state index in [2.05, 4.69) is 0 Å². The minimum absolute atomic E-state index is 0.238. The fourth-order valence-electron chi connectivity index (χ4n) is 5.06. The van der Waals surface area contributed by atoms with Crippen molar-refractivity contribution < 1.29 is 39.4 Å². The third-order valence-electron chi connectivity index (χ3n) is 7.10. The van der Waals surface area contributed by atoms with Gasteiger partial charge in [-0.25, -0.2) is 4.79 Å². The number of hydrogen-bond acceptors (Lipinski definition) is 8. The normalized spacial score (nSPS) is 37.1. The van der Waals surface area contributed by atoms with E-state index in [1.807, 2.05) is 6.92 Å². The monoisotopic (exact) mass is 529 g/mol. The van der Waals surface area contributed by atoms with Crippen LogP contribution in [-0.2, 0) is 19.0 Å². The second kappa shape index (κ2) is 10.4. The number of hydrogen-bond donors (Lipinski definition) is 5. The number of aliphatic hydroxyl groups excluding tert-OH is 3. The molecular weight excluding hydrogens is 501 g/mol. The van der Waals surface area contributed by atoms with Gasteiger partial charge in [-0.05, 0) is 31.4 Å². The molecule has 0 radical (unpaired) electrons. The van der Waals surface area contributed by atoms with E-state index in [9.17, 15) is 25.2 Å². The molecule has 1 aromatic carbocycles. The molecule has 7 unspecified atom stereocenters. The maximum absolute atomic E-state index is 11.5. The van der Waals surface area contributed by atoms with Crippen LogP contribution in [0.15, 0.2) is 36.1 Å². The lowest BCUT2D eigenvalue weighted by molar-refractivity contribution is -0.309. The lowest BCUT2D eigenvalue weighted by Gasteiger charge is -2.49. The molecule has 1 aliphatic carbocycles. The lowest BCUT2D eigenvalue weighted by atomic mass is 9.67. The summed E-state index contributed by atoms with van der Waals surface area (Å²) in [6.45, 7) is 2.27. The molecule has 1 aromatic rings. The number of halogens is 2. The third kappa shape index (κ3) is 4.60. The summed E-state index contributed by atoms with van der Waals surface area (Å²) in [5.74, 6) is -0.894. The fraction of sp³-hybridized carbons (Fsp3) is 0.542. The predicted molar refractivity (Wildman–Crippen MR) is 128 cm³/mol. The Morgan fingerprint density at radius 2 is 1.89 bits per heavy atom. The van der Waals surface area contributed by atoms with Crippen LogP contribution in [-0.4, -0.2) is 75.9 Å². The van der Waals surface area contributed by atoms with E-state index in [4.69, 9.17) is 43.1 Å². The SMILES string of the molecule is CCC12CC[C@H](CN)OC1=C(c1c(Cl)cccc1Cl)C=CC2OC1OC(C(=O)O)C(O)C(O)C1O. The second-order valence-corrected chi connectivity index (χ2v) is 9.83. The zero-order valence-electron chi connectivity index (χ0n) is 19.0. The Morgan fingerprint density at radius 1 is 1.20 bits per heavy atom. The molecule has 35 heavy (non-hydrogen) atoms. The number of nitrogens with two attached hydrogens (primary N) is 1. The number of ether oxygens (including phenoxy) is 3. The number of aliphatic carboxylic acids is 1. The average Bonchev–Trinajstić information content (AvgIpc) is 2.84. The Hall–Kier alpha value is -1.69. The number of aliphatic hydroxyl groups is 3. The summed E-state index contributed by atoms with van der Waals surface area (Å²) in [7, 11) is 0. The van der Waals surface area contributed by atoms with E-state index in [0.717, 1.165) is 0 Å². The fourth-order valence-corrected chi connectivity index (χ4v) is 5.66. The molecule has 2 saturated heterocycles. The summed E-state index contributed by atoms with van der Waals surface area (Å²) in [6, 6.07) is 5.21. The molecular formula is C24H29Cl2NO8. The molecule has 6 N–H and O–H groups in total. The van der Waals surface area contributed by atoms with E-state index in [-0.39, 0.29) is 6.10 Å². The summed E-state index contributed by atoms with van der Waals surface area (Å²) in [5, 5.41) is 41.0. The maximum atomic E-state index is 11.5. The van der Waals surface area contributed by atoms with Gasteiger partial charge in [-0.1, -0.05) is 48.3 Å². The topological polar surface area (TPSA) is 152 Å². The lowest BCUT2D eigenvalue weighted by Crippen LogP contribution is -2.61. The van der Waals surface area contributed by atoms with Crippen LogP contribution in [0.25, 0.3) is 5.57 Å². The van der Waals surface area contributed by atoms with E-state index >= 15 is 0 Å². The van der Waals surface area contributed by atoms with Crippen LogP contribution < -0.4 is 5.73 Å². The number of carboxylic acids is 1. The molecule has 0 saturated carbocycles. The highest BCUT2D eigenvalue weighted by Crippen LogP contribution is 2.53. The van der Waals surface area contributed by atoms with Crippen molar-refractivity contribution in [2.75, 3.05) is 6.54 Å². The van der Waals surface area contributed by atoms with Crippen LogP contribution in [0.1, 0.15) is 31.7 Å². The van der Waals surface area contributed by atoms with Crippen LogP contribution in [0.2, 0.25) is 10.0 Å². The molecule has 0 aromatic heterocycles. The van der Waals surface area contributed by atoms with Gasteiger partial charge in [0.25, 0.3) is 0 Å². The number of carboxylic acid groups (broad SMARTS) is 1. The molecule has 11 heteroatoms. The zero-order chi connectivity index (χ0) is 25.5. The molecule has 0 bridgehead atoms. The largest absolute Gasteiger partial charge is 0.492 e. The molecule has 2 fully saturated rings. The molecule has 192 valence electrons. The zero-order valence-corrected chi connectivity index (χ0v) is 20.5. The highest BCUT2D eigenvalue weighted by atomic mass is 35.5. The van der Waals surface area contributed by atoms with E-state index in [1.54, 1.807) is 30.4 Å². The van der Waals surface area contributed by atoms with E-state index < -0.39 is 48.2 Å². The first kappa shape index (κ1) is 26.4. The van der Waals surface area contributed by atoms with Gasteiger partial charge in [0.2, 0.25) is 0 Å². The van der Waals surface area contributed by atoms with Gasteiger partial charge in [0, 0.05) is 17.7 Å². The quantitative estimate of drug-likeness (QED) is 0.372. The van der Waals surface area contributed by atoms with Gasteiger partial charge < -0.3 is 40.4 Å². The van der Waals surface area contributed by atoms with Crippen molar-refractivity contribution in [2.24, 2.45) is 11.1 Å². The van der Waals surface area contributed by atoms with Gasteiger partial charge in [0.05, 0.1) is 21.6 Å². The van der Waals surface area contributed by atoms with Crippen molar-refractivity contribution in [3.05, 3.63) is 51.7 Å². The Morgan fingerprint density at radius 3 is 2.49 bits per heavy atom. The first-order valence-corrected chi connectivity index (χ1v) is 12.2. The Kier molecular flexibility index (Phi) is 7.80. The van der Waals surface area contributed by atoms with Gasteiger partial charge in [0.15, 0.2) is 12.4 Å². The van der Waals surface area contributed by atoms with Gasteiger partial charge in [-0.15, -0.1) is 0 Å². The second-order valence-electron chi connectivity index (χ2n) is 9.01. The number of fused-ring (bicyclic) bond motifs is 1. The highest BCUT2D eigenvalue weighted by Gasteiger charge is 2.53. The summed E-state index contributed by atoms with van der Waals surface area (Å²) in [6.07, 6.45) is -4.16. The smallest absolute Gasteiger partial charge is 0.335 e. The van der Waals surface area contributed by atoms with Crippen molar-refractivity contribution >= 4 is 34.7 Å². The predicted octanol–water partition coefficient (Wildman–Crippen LogP) is 2.09. The number of rotatable bonds is 6. The van der Waals surface area contributed by atoms with Crippen LogP contribution in [0.4, 0.5) is 0 Å². The van der Waals surface area contributed by atoms with Gasteiger partial charge in [-0.3, -0.25) is 0 Å². The Labute approximate surface area is 212 Å². The third-order valence-corrected chi connectivity index (χ3v) is 7.73. The van der Waals surface area contributed by atoms with Crippen molar-refractivity contribution in [2.45, 2.75) is 69.1 Å². The van der Waals surface area contributed by atoms with Gasteiger partial charge in [0.1, 0.15) is 30.2 Å². The highest BCUT2D eigenvalue weighted by molar-refractivity contribution is 6.37. The maximum Gasteiger partial charge on any atom is 0.335 e. The standard InChI is InChI=1S/C24H29Cl2NO8/c1-2-24-9-8-11(10-27)33-21(24)12(16-13(25)4-3-5-14(16)26)6-7-15(24)34-23-19(30)17(28)18(29)20(35-23)22(31)32/h3-7,11,15,17-20,23,28-30H,2,8-10,27H2,1H3,(H,31,32)/t11-,15?,17?,18?,19?,20?,23?,24?/m1/s1. The number of allylic oxidation sites excluding steroid dienone is 2. The molecule has 0 spiro atoms. The van der Waals surface area contributed by atoms with Crippen LogP contribution in [0.5, 0.6) is 0 Å². The average molecular weight is 530 g/mol. The number of carbonyl (C=O) groups is 1. The molecule has 4 rings (SSSR count). The Balaban J connectivity index is 1.74. The minimum Gasteiger partial charge on any atom is -0.492 e. The van der Waals surface area contributed by atoms with Crippen molar-refractivity contribution in [3.8, 4) is 0 Å². The van der Waals surface area contributed by atoms with E-state index in [0.29, 0.717) is 52.7 Å². The van der Waals surface area contributed by atoms with Crippen LogP contribution in [0, 0.1) is 5.41 Å². The molecule has 8 atom stereocenters. The first-order chi connectivity index (χ1) is 16.6. The Bertz CT molecular complexity index is 1010. The van der Waals surface area contributed by atoms with Gasteiger partial charge in [-0.2, -0.15) is 0 Å². The van der Waals surface area contributed by atoms with E-state index in [1.165, 1.54) is 0 Å². The summed E-state index contributed by atoms with van der Waals surface area (Å²) >= 11 is 13.0. The van der Waals surface area contributed by atoms with Crippen molar-refractivity contribution in [1.29, 1.82) is 0 Å². The summed E-state index contributed by atoms with van der Waals surface area (Å²) in [5.41, 5.74) is 6.47. The number of benzene rings is 1. The molecule has 9 nitrogen and oxygen atoms in total. The molecule has 0 amide bonds. The summed E-state index contributed by atoms with van der Waals surface area (Å²) in [4.78, 5) is 11.5. The molecule has 2 heterocycles. The van der Waals surface area contributed by atoms with Crippen molar-refractivity contribution in [1.82, 2.24) is 0 Å². The van der Waals surface area contributed by atoms with Gasteiger partial charge >= 0.3 is 5.97 Å². The van der Waals surface area contributed by atoms with Crippen LogP contribution >= 0.6 is 23.2 Å².